The van der Waals surface area contributed by atoms with E-state index in [-0.39, 0.29) is 19.9 Å². The molecule has 0 spiro atoms. The summed E-state index contributed by atoms with van der Waals surface area (Å²) in [7, 11) is 0. The topological polar surface area (TPSA) is 12.9 Å². The molecule has 1 aliphatic carbocycles. The van der Waals surface area contributed by atoms with Crippen molar-refractivity contribution >= 4 is 44.6 Å². The second-order valence-corrected chi connectivity index (χ2v) is 14.5. The van der Waals surface area contributed by atoms with Gasteiger partial charge in [-0.2, -0.15) is 0 Å². The summed E-state index contributed by atoms with van der Waals surface area (Å²) < 4.78 is 2.99. The Hall–Kier alpha value is -2.41. The molecule has 178 valence electrons. The Morgan fingerprint density at radius 2 is 1.63 bits per heavy atom. The van der Waals surface area contributed by atoms with Crippen LogP contribution in [0.15, 0.2) is 66.9 Å². The first kappa shape index (κ1) is 23.0. The zero-order valence-corrected chi connectivity index (χ0v) is 23.3. The summed E-state index contributed by atoms with van der Waals surface area (Å²) in [6.07, 6.45) is 7.34. The van der Waals surface area contributed by atoms with E-state index in [1.165, 1.54) is 68.3 Å². The van der Waals surface area contributed by atoms with Crippen molar-refractivity contribution < 1.29 is 0 Å². The molecule has 0 aliphatic heterocycles. The van der Waals surface area contributed by atoms with Gasteiger partial charge in [-0.15, -0.1) is 0 Å². The van der Waals surface area contributed by atoms with Crippen molar-refractivity contribution in [3.05, 3.63) is 78.0 Å². The summed E-state index contributed by atoms with van der Waals surface area (Å²) in [5, 5.41) is 5.48. The van der Waals surface area contributed by atoms with Crippen molar-refractivity contribution in [3.8, 4) is 11.3 Å². The standard InChI is InChI=1S/C33H35NSe/c1-32(2,3)28-19-24(18-23-8-6-7-9-25(23)28)30-31-27(14-17-34-30)26-11-10-22(20-29(26)35-31)21-12-15-33(4,5)16-13-21/h6-11,14,17-21H,12-13,15-16H2,1-5H3. The first-order valence-electron chi connectivity index (χ1n) is 13.0. The normalized spacial score (nSPS) is 16.9. The van der Waals surface area contributed by atoms with E-state index in [4.69, 9.17) is 4.98 Å². The maximum atomic E-state index is 4.98. The van der Waals surface area contributed by atoms with Crippen LogP contribution >= 0.6 is 0 Å². The fraction of sp³-hybridized carbons (Fsp3) is 0.364. The van der Waals surface area contributed by atoms with Crippen LogP contribution < -0.4 is 0 Å². The molecule has 6 rings (SSSR count). The predicted molar refractivity (Wildman–Crippen MR) is 153 cm³/mol. The molecule has 0 bridgehead atoms. The molecule has 5 aromatic rings. The van der Waals surface area contributed by atoms with E-state index < -0.39 is 0 Å². The first-order chi connectivity index (χ1) is 16.7. The molecular formula is C33H35NSe. The fourth-order valence-corrected chi connectivity index (χ4v) is 8.62. The monoisotopic (exact) mass is 525 g/mol. The summed E-state index contributed by atoms with van der Waals surface area (Å²) >= 11 is 0.283. The third-order valence-electron chi connectivity index (χ3n) is 8.17. The first-order valence-corrected chi connectivity index (χ1v) is 14.8. The Balaban J connectivity index is 1.49. The number of nitrogens with zero attached hydrogens (tertiary/aromatic N) is 1. The number of hydrogen-bond acceptors (Lipinski definition) is 1. The van der Waals surface area contributed by atoms with Gasteiger partial charge in [0.1, 0.15) is 0 Å². The third kappa shape index (κ3) is 4.15. The molecule has 0 atom stereocenters. The van der Waals surface area contributed by atoms with Crippen molar-refractivity contribution in [3.63, 3.8) is 0 Å². The Kier molecular flexibility index (Phi) is 5.47. The third-order valence-corrected chi connectivity index (χ3v) is 10.6. The van der Waals surface area contributed by atoms with E-state index >= 15 is 0 Å². The minimum atomic E-state index is 0.0745. The van der Waals surface area contributed by atoms with Gasteiger partial charge in [-0.05, 0) is 0 Å². The van der Waals surface area contributed by atoms with Gasteiger partial charge in [0.25, 0.3) is 0 Å². The van der Waals surface area contributed by atoms with Crippen LogP contribution in [-0.2, 0) is 5.41 Å². The molecule has 2 heteroatoms. The van der Waals surface area contributed by atoms with E-state index in [9.17, 15) is 0 Å². The van der Waals surface area contributed by atoms with Gasteiger partial charge in [0.2, 0.25) is 0 Å². The maximum absolute atomic E-state index is 4.98. The van der Waals surface area contributed by atoms with Crippen molar-refractivity contribution in [1.29, 1.82) is 0 Å². The number of benzene rings is 3. The molecule has 0 amide bonds. The molecular weight excluding hydrogens is 489 g/mol. The number of rotatable bonds is 2. The van der Waals surface area contributed by atoms with Gasteiger partial charge in [0.15, 0.2) is 0 Å². The van der Waals surface area contributed by atoms with Crippen LogP contribution in [-0.4, -0.2) is 19.5 Å². The molecule has 0 unspecified atom stereocenters. The van der Waals surface area contributed by atoms with Gasteiger partial charge in [0, 0.05) is 0 Å². The van der Waals surface area contributed by atoms with E-state index in [0.717, 1.165) is 5.92 Å². The number of aromatic nitrogens is 1. The molecule has 1 saturated carbocycles. The van der Waals surface area contributed by atoms with Gasteiger partial charge >= 0.3 is 216 Å². The van der Waals surface area contributed by atoms with E-state index in [1.54, 1.807) is 9.82 Å². The van der Waals surface area contributed by atoms with Crippen LogP contribution in [0.4, 0.5) is 0 Å². The molecule has 3 aromatic carbocycles. The van der Waals surface area contributed by atoms with Crippen molar-refractivity contribution in [2.75, 3.05) is 0 Å². The Morgan fingerprint density at radius 1 is 0.857 bits per heavy atom. The van der Waals surface area contributed by atoms with Crippen LogP contribution in [0.5, 0.6) is 0 Å². The summed E-state index contributed by atoms with van der Waals surface area (Å²) in [6, 6.07) is 23.2. The van der Waals surface area contributed by atoms with E-state index in [2.05, 4.69) is 95.3 Å². The van der Waals surface area contributed by atoms with Crippen molar-refractivity contribution in [2.24, 2.45) is 5.41 Å². The van der Waals surface area contributed by atoms with Crippen molar-refractivity contribution in [2.45, 2.75) is 71.6 Å². The van der Waals surface area contributed by atoms with E-state index in [1.807, 2.05) is 6.20 Å². The van der Waals surface area contributed by atoms with Crippen LogP contribution in [0, 0.1) is 5.41 Å². The zero-order valence-electron chi connectivity index (χ0n) is 21.6. The summed E-state index contributed by atoms with van der Waals surface area (Å²) in [6.45, 7) is 11.8. The van der Waals surface area contributed by atoms with Gasteiger partial charge in [-0.25, -0.2) is 0 Å². The predicted octanol–water partition coefficient (Wildman–Crippen LogP) is 9.25. The second kappa shape index (κ2) is 8.32. The number of pyridine rings is 1. The summed E-state index contributed by atoms with van der Waals surface area (Å²) in [5.41, 5.74) is 5.98. The minimum absolute atomic E-state index is 0.0745. The van der Waals surface area contributed by atoms with Gasteiger partial charge in [0.05, 0.1) is 0 Å². The molecule has 35 heavy (non-hydrogen) atoms. The molecule has 2 aromatic heterocycles. The van der Waals surface area contributed by atoms with Gasteiger partial charge in [-0.3, -0.25) is 0 Å². The SMILES string of the molecule is CC1(C)CCC(c2ccc3c(c2)[se]c2c(-c4cc(C(C)(C)C)c5ccccc5c4)nccc23)CC1. The van der Waals surface area contributed by atoms with Crippen LogP contribution in [0.1, 0.15) is 77.3 Å². The average molecular weight is 525 g/mol. The van der Waals surface area contributed by atoms with Crippen molar-refractivity contribution in [1.82, 2.24) is 4.98 Å². The molecule has 2 heterocycles. The fourth-order valence-electron chi connectivity index (χ4n) is 5.98. The number of hydrogen-bond donors (Lipinski definition) is 0. The number of fused-ring (bicyclic) bond motifs is 4. The van der Waals surface area contributed by atoms with Gasteiger partial charge in [-0.1, -0.05) is 0 Å². The average Bonchev–Trinajstić information content (AvgIpc) is 3.20. The van der Waals surface area contributed by atoms with E-state index in [0.29, 0.717) is 5.41 Å². The molecule has 1 aliphatic rings. The molecule has 1 nitrogen and oxygen atoms in total. The second-order valence-electron chi connectivity index (χ2n) is 12.3. The Bertz CT molecular complexity index is 1550. The molecule has 1 fully saturated rings. The Morgan fingerprint density at radius 3 is 2.40 bits per heavy atom. The van der Waals surface area contributed by atoms with Crippen LogP contribution in [0.25, 0.3) is 41.3 Å². The van der Waals surface area contributed by atoms with Crippen LogP contribution in [0.3, 0.4) is 0 Å². The van der Waals surface area contributed by atoms with Gasteiger partial charge < -0.3 is 0 Å². The molecule has 0 saturated heterocycles. The summed E-state index contributed by atoms with van der Waals surface area (Å²) in [4.78, 5) is 4.98. The quantitative estimate of drug-likeness (QED) is 0.210. The van der Waals surface area contributed by atoms with Crippen LogP contribution in [0.2, 0.25) is 0 Å². The zero-order chi connectivity index (χ0) is 24.4. The summed E-state index contributed by atoms with van der Waals surface area (Å²) in [5.74, 6) is 0.722. The molecule has 0 N–H and O–H groups in total. The molecule has 0 radical (unpaired) electrons. The Labute approximate surface area is 215 Å².